The van der Waals surface area contributed by atoms with Crippen LogP contribution in [0.1, 0.15) is 41.6 Å². The van der Waals surface area contributed by atoms with E-state index in [2.05, 4.69) is 6.58 Å². The second-order valence-corrected chi connectivity index (χ2v) is 5.33. The molecule has 1 fully saturated rings. The van der Waals surface area contributed by atoms with Crippen LogP contribution in [0.25, 0.3) is 0 Å². The van der Waals surface area contributed by atoms with Crippen molar-refractivity contribution in [1.29, 1.82) is 0 Å². The summed E-state index contributed by atoms with van der Waals surface area (Å²) in [5.74, 6) is -0.0872. The molecule has 1 saturated carbocycles. The van der Waals surface area contributed by atoms with Crippen LogP contribution >= 0.6 is 0 Å². The first-order valence-electron chi connectivity index (χ1n) is 6.63. The zero-order valence-electron chi connectivity index (χ0n) is 10.7. The summed E-state index contributed by atoms with van der Waals surface area (Å²) in [6, 6.07) is 7.39. The van der Waals surface area contributed by atoms with Gasteiger partial charge in [0.25, 0.3) is 0 Å². The fourth-order valence-electron chi connectivity index (χ4n) is 3.20. The molecule has 2 aliphatic rings. The van der Waals surface area contributed by atoms with E-state index in [-0.39, 0.29) is 17.7 Å². The highest BCUT2D eigenvalue weighted by Gasteiger charge is 2.49. The van der Waals surface area contributed by atoms with Gasteiger partial charge in [-0.15, -0.1) is 6.58 Å². The standard InChI is InChI=1S/C16H16O3/c1-2-5-11-8-9-16(10-14(11)17)13-7-4-3-6-12(13)15(18)19-16/h2-4,6-7,11H,1,5,8-10H2. The summed E-state index contributed by atoms with van der Waals surface area (Å²) >= 11 is 0. The highest BCUT2D eigenvalue weighted by Crippen LogP contribution is 2.47. The first-order chi connectivity index (χ1) is 9.16. The summed E-state index contributed by atoms with van der Waals surface area (Å²) in [6.07, 6.45) is 4.28. The Morgan fingerprint density at radius 2 is 2.16 bits per heavy atom. The molecule has 2 atom stereocenters. The van der Waals surface area contributed by atoms with Crippen LogP contribution in [0.5, 0.6) is 0 Å². The van der Waals surface area contributed by atoms with Gasteiger partial charge in [0.2, 0.25) is 0 Å². The topological polar surface area (TPSA) is 43.4 Å². The summed E-state index contributed by atoms with van der Waals surface area (Å²) in [5, 5.41) is 0. The molecule has 1 spiro atoms. The molecule has 1 aliphatic carbocycles. The van der Waals surface area contributed by atoms with Gasteiger partial charge in [-0.25, -0.2) is 4.79 Å². The van der Waals surface area contributed by atoms with Gasteiger partial charge in [-0.1, -0.05) is 24.3 Å². The Morgan fingerprint density at radius 1 is 1.37 bits per heavy atom. The smallest absolute Gasteiger partial charge is 0.339 e. The monoisotopic (exact) mass is 256 g/mol. The number of hydrogen-bond acceptors (Lipinski definition) is 3. The third kappa shape index (κ3) is 1.81. The predicted molar refractivity (Wildman–Crippen MR) is 70.7 cm³/mol. The number of carbonyl (C=O) groups is 2. The van der Waals surface area contributed by atoms with E-state index < -0.39 is 5.60 Å². The predicted octanol–water partition coefficient (Wildman–Crippen LogP) is 3.00. The number of allylic oxidation sites excluding steroid dienone is 1. The van der Waals surface area contributed by atoms with Crippen molar-refractivity contribution in [3.63, 3.8) is 0 Å². The molecular formula is C16H16O3. The number of Topliss-reactive ketones (excluding diaryl/α,β-unsaturated/α-hetero) is 1. The molecule has 98 valence electrons. The molecule has 3 heteroatoms. The highest BCUT2D eigenvalue weighted by atomic mass is 16.6. The van der Waals surface area contributed by atoms with Crippen molar-refractivity contribution in [2.75, 3.05) is 0 Å². The van der Waals surface area contributed by atoms with Gasteiger partial charge in [0.15, 0.2) is 0 Å². The van der Waals surface area contributed by atoms with E-state index in [0.717, 1.165) is 18.4 Å². The zero-order chi connectivity index (χ0) is 13.5. The summed E-state index contributed by atoms with van der Waals surface area (Å²) in [7, 11) is 0. The van der Waals surface area contributed by atoms with Crippen LogP contribution in [0.3, 0.4) is 0 Å². The Bertz CT molecular complexity index is 561. The number of esters is 1. The SMILES string of the molecule is C=CCC1CCC2(CC1=O)OC(=O)c1ccccc12. The van der Waals surface area contributed by atoms with Crippen LogP contribution in [0.2, 0.25) is 0 Å². The summed E-state index contributed by atoms with van der Waals surface area (Å²) < 4.78 is 5.57. The largest absolute Gasteiger partial charge is 0.450 e. The van der Waals surface area contributed by atoms with Gasteiger partial charge in [-0.3, -0.25) is 4.79 Å². The molecule has 19 heavy (non-hydrogen) atoms. The third-order valence-corrected chi connectivity index (χ3v) is 4.19. The molecule has 3 rings (SSSR count). The van der Waals surface area contributed by atoms with Crippen LogP contribution in [0, 0.1) is 5.92 Å². The normalized spacial score (nSPS) is 29.2. The minimum absolute atomic E-state index is 0.0367. The molecule has 0 N–H and O–H groups in total. The Morgan fingerprint density at radius 3 is 2.89 bits per heavy atom. The number of fused-ring (bicyclic) bond motifs is 2. The second-order valence-electron chi connectivity index (χ2n) is 5.33. The Balaban J connectivity index is 1.93. The van der Waals surface area contributed by atoms with Crippen molar-refractivity contribution >= 4 is 11.8 Å². The molecule has 0 bridgehead atoms. The quantitative estimate of drug-likeness (QED) is 0.603. The van der Waals surface area contributed by atoms with Crippen molar-refractivity contribution in [2.45, 2.75) is 31.3 Å². The molecule has 2 unspecified atom stereocenters. The first-order valence-corrected chi connectivity index (χ1v) is 6.63. The van der Waals surface area contributed by atoms with Crippen LogP contribution in [0.4, 0.5) is 0 Å². The van der Waals surface area contributed by atoms with Gasteiger partial charge in [0.05, 0.1) is 12.0 Å². The summed E-state index contributed by atoms with van der Waals surface area (Å²) in [5.41, 5.74) is 0.783. The van der Waals surface area contributed by atoms with E-state index in [1.54, 1.807) is 12.1 Å². The lowest BCUT2D eigenvalue weighted by Crippen LogP contribution is -2.37. The van der Waals surface area contributed by atoms with Crippen molar-refractivity contribution in [1.82, 2.24) is 0 Å². The molecule has 0 radical (unpaired) electrons. The Labute approximate surface area is 112 Å². The third-order valence-electron chi connectivity index (χ3n) is 4.19. The highest BCUT2D eigenvalue weighted by molar-refractivity contribution is 5.96. The van der Waals surface area contributed by atoms with Crippen LogP contribution < -0.4 is 0 Å². The fourth-order valence-corrected chi connectivity index (χ4v) is 3.20. The molecule has 0 saturated heterocycles. The molecule has 1 heterocycles. The number of ketones is 1. The average Bonchev–Trinajstić information content (AvgIpc) is 2.67. The molecule has 0 aromatic heterocycles. The lowest BCUT2D eigenvalue weighted by molar-refractivity contribution is -0.133. The van der Waals surface area contributed by atoms with Gasteiger partial charge >= 0.3 is 5.97 Å². The second kappa shape index (κ2) is 4.34. The van der Waals surface area contributed by atoms with Gasteiger partial charge in [-0.2, -0.15) is 0 Å². The first kappa shape index (κ1) is 12.2. The van der Waals surface area contributed by atoms with E-state index in [1.807, 2.05) is 18.2 Å². The lowest BCUT2D eigenvalue weighted by Gasteiger charge is -2.35. The molecular weight excluding hydrogens is 240 g/mol. The number of hydrogen-bond donors (Lipinski definition) is 0. The number of ether oxygens (including phenoxy) is 1. The molecule has 1 aromatic carbocycles. The van der Waals surface area contributed by atoms with Crippen LogP contribution in [-0.2, 0) is 15.1 Å². The molecule has 0 amide bonds. The minimum Gasteiger partial charge on any atom is -0.450 e. The van der Waals surface area contributed by atoms with Crippen LogP contribution in [-0.4, -0.2) is 11.8 Å². The molecule has 1 aliphatic heterocycles. The number of carbonyl (C=O) groups excluding carboxylic acids is 2. The summed E-state index contributed by atoms with van der Waals surface area (Å²) in [6.45, 7) is 3.69. The number of rotatable bonds is 2. The average molecular weight is 256 g/mol. The zero-order valence-corrected chi connectivity index (χ0v) is 10.7. The van der Waals surface area contributed by atoms with Crippen LogP contribution in [0.15, 0.2) is 36.9 Å². The van der Waals surface area contributed by atoms with Crippen molar-refractivity contribution in [3.8, 4) is 0 Å². The minimum atomic E-state index is -0.706. The van der Waals surface area contributed by atoms with Gasteiger partial charge in [0.1, 0.15) is 11.4 Å². The van der Waals surface area contributed by atoms with Gasteiger partial charge in [-0.05, 0) is 25.3 Å². The molecule has 3 nitrogen and oxygen atoms in total. The van der Waals surface area contributed by atoms with Crippen molar-refractivity contribution in [3.05, 3.63) is 48.0 Å². The van der Waals surface area contributed by atoms with Crippen molar-refractivity contribution < 1.29 is 14.3 Å². The van der Waals surface area contributed by atoms with E-state index in [1.165, 1.54) is 0 Å². The summed E-state index contributed by atoms with van der Waals surface area (Å²) in [4.78, 5) is 24.1. The Kier molecular flexibility index (Phi) is 2.77. The van der Waals surface area contributed by atoms with E-state index in [0.29, 0.717) is 18.4 Å². The Hall–Kier alpha value is -1.90. The van der Waals surface area contributed by atoms with Gasteiger partial charge in [0, 0.05) is 11.5 Å². The van der Waals surface area contributed by atoms with E-state index in [9.17, 15) is 9.59 Å². The van der Waals surface area contributed by atoms with E-state index >= 15 is 0 Å². The fraction of sp³-hybridized carbons (Fsp3) is 0.375. The van der Waals surface area contributed by atoms with Gasteiger partial charge < -0.3 is 4.74 Å². The maximum Gasteiger partial charge on any atom is 0.339 e. The van der Waals surface area contributed by atoms with E-state index in [4.69, 9.17) is 4.74 Å². The maximum atomic E-state index is 12.2. The number of benzene rings is 1. The lowest BCUT2D eigenvalue weighted by atomic mass is 9.73. The maximum absolute atomic E-state index is 12.2. The van der Waals surface area contributed by atoms with Crippen molar-refractivity contribution in [2.24, 2.45) is 5.92 Å². The molecule has 1 aromatic rings.